The summed E-state index contributed by atoms with van der Waals surface area (Å²) >= 11 is 0. The number of rotatable bonds is 4. The SMILES string of the molecule is c1ccc(O[C@@H]2CO[C@@]3(CCCN(Cc4ccoc4)C3)C2)nc1. The van der Waals surface area contributed by atoms with E-state index in [0.29, 0.717) is 12.5 Å². The van der Waals surface area contributed by atoms with Crippen LogP contribution in [-0.2, 0) is 11.3 Å². The molecule has 2 fully saturated rings. The van der Waals surface area contributed by atoms with E-state index < -0.39 is 0 Å². The molecule has 0 aliphatic carbocycles. The van der Waals surface area contributed by atoms with E-state index in [1.807, 2.05) is 30.5 Å². The zero-order valence-electron chi connectivity index (χ0n) is 13.2. The van der Waals surface area contributed by atoms with Crippen molar-refractivity contribution in [1.29, 1.82) is 0 Å². The molecule has 0 radical (unpaired) electrons. The van der Waals surface area contributed by atoms with Gasteiger partial charge in [-0.25, -0.2) is 4.98 Å². The van der Waals surface area contributed by atoms with Crippen molar-refractivity contribution < 1.29 is 13.9 Å². The summed E-state index contributed by atoms with van der Waals surface area (Å²) in [4.78, 5) is 6.70. The maximum Gasteiger partial charge on any atom is 0.213 e. The summed E-state index contributed by atoms with van der Waals surface area (Å²) in [6, 6.07) is 7.77. The Morgan fingerprint density at radius 2 is 2.35 bits per heavy atom. The maximum absolute atomic E-state index is 6.20. The van der Waals surface area contributed by atoms with Gasteiger partial charge in [0.25, 0.3) is 0 Å². The van der Waals surface area contributed by atoms with Crippen LogP contribution in [0.3, 0.4) is 0 Å². The van der Waals surface area contributed by atoms with Crippen LogP contribution < -0.4 is 4.74 Å². The predicted octanol–water partition coefficient (Wildman–Crippen LogP) is 2.88. The fraction of sp³-hybridized carbons (Fsp3) is 0.500. The minimum atomic E-state index is -0.0680. The number of hydrogen-bond donors (Lipinski definition) is 0. The summed E-state index contributed by atoms with van der Waals surface area (Å²) in [7, 11) is 0. The number of furan rings is 1. The van der Waals surface area contributed by atoms with Gasteiger partial charge in [-0.3, -0.25) is 4.90 Å². The smallest absolute Gasteiger partial charge is 0.213 e. The molecule has 2 aliphatic rings. The molecule has 2 saturated heterocycles. The number of hydrogen-bond acceptors (Lipinski definition) is 5. The summed E-state index contributed by atoms with van der Waals surface area (Å²) in [5.74, 6) is 0.684. The van der Waals surface area contributed by atoms with Crippen molar-refractivity contribution in [3.63, 3.8) is 0 Å². The molecule has 0 bridgehead atoms. The average molecular weight is 314 g/mol. The number of nitrogens with zero attached hydrogens (tertiary/aromatic N) is 2. The molecule has 122 valence electrons. The first kappa shape index (κ1) is 14.7. The quantitative estimate of drug-likeness (QED) is 0.868. The zero-order valence-corrected chi connectivity index (χ0v) is 13.2. The van der Waals surface area contributed by atoms with Crippen LogP contribution in [0.2, 0.25) is 0 Å². The Labute approximate surface area is 136 Å². The molecular weight excluding hydrogens is 292 g/mol. The maximum atomic E-state index is 6.20. The number of aromatic nitrogens is 1. The number of ether oxygens (including phenoxy) is 2. The van der Waals surface area contributed by atoms with E-state index in [1.165, 1.54) is 5.56 Å². The van der Waals surface area contributed by atoms with E-state index in [9.17, 15) is 0 Å². The third kappa shape index (κ3) is 3.41. The molecule has 1 spiro atoms. The summed E-state index contributed by atoms with van der Waals surface area (Å²) in [5.41, 5.74) is 1.16. The summed E-state index contributed by atoms with van der Waals surface area (Å²) < 4.78 is 17.3. The van der Waals surface area contributed by atoms with Crippen LogP contribution in [0.25, 0.3) is 0 Å². The van der Waals surface area contributed by atoms with Crippen molar-refractivity contribution in [2.75, 3.05) is 19.7 Å². The molecule has 2 aromatic heterocycles. The molecule has 0 aromatic carbocycles. The highest BCUT2D eigenvalue weighted by Crippen LogP contribution is 2.36. The Kier molecular flexibility index (Phi) is 4.06. The molecule has 0 unspecified atom stereocenters. The minimum absolute atomic E-state index is 0.0680. The fourth-order valence-electron chi connectivity index (χ4n) is 3.72. The highest BCUT2D eigenvalue weighted by atomic mass is 16.6. The van der Waals surface area contributed by atoms with E-state index in [4.69, 9.17) is 13.9 Å². The normalized spacial score (nSPS) is 28.3. The van der Waals surface area contributed by atoms with E-state index in [-0.39, 0.29) is 11.7 Å². The lowest BCUT2D eigenvalue weighted by molar-refractivity contribution is -0.0538. The molecule has 0 N–H and O–H groups in total. The lowest BCUT2D eigenvalue weighted by Gasteiger charge is -2.39. The molecule has 23 heavy (non-hydrogen) atoms. The Balaban J connectivity index is 1.37. The summed E-state index contributed by atoms with van der Waals surface area (Å²) in [6.07, 6.45) is 8.62. The van der Waals surface area contributed by atoms with Gasteiger partial charge in [-0.05, 0) is 31.5 Å². The lowest BCUT2D eigenvalue weighted by Crippen LogP contribution is -2.47. The largest absolute Gasteiger partial charge is 0.472 e. The molecule has 5 heteroatoms. The standard InChI is InChI=1S/C18H22N2O3/c1-2-7-19-17(4-1)23-16-10-18(22-13-16)6-3-8-20(14-18)11-15-5-9-21-12-15/h1-2,4-5,7,9,12,16H,3,6,8,10-11,13-14H2/t16-,18-/m0/s1. The Morgan fingerprint density at radius 3 is 3.17 bits per heavy atom. The highest BCUT2D eigenvalue weighted by Gasteiger charge is 2.44. The van der Waals surface area contributed by atoms with Gasteiger partial charge in [-0.2, -0.15) is 0 Å². The number of pyridine rings is 1. The molecule has 2 aliphatic heterocycles. The summed E-state index contributed by atoms with van der Waals surface area (Å²) in [6.45, 7) is 3.64. The van der Waals surface area contributed by atoms with Gasteiger partial charge in [0.1, 0.15) is 6.10 Å². The average Bonchev–Trinajstić information content (AvgIpc) is 3.19. The lowest BCUT2D eigenvalue weighted by atomic mass is 9.89. The van der Waals surface area contributed by atoms with Crippen LogP contribution in [0.1, 0.15) is 24.8 Å². The zero-order chi connectivity index (χ0) is 15.5. The van der Waals surface area contributed by atoms with E-state index in [0.717, 1.165) is 38.9 Å². The van der Waals surface area contributed by atoms with Gasteiger partial charge in [0.2, 0.25) is 5.88 Å². The van der Waals surface area contributed by atoms with Crippen molar-refractivity contribution in [3.8, 4) is 5.88 Å². The summed E-state index contributed by atoms with van der Waals surface area (Å²) in [5, 5.41) is 0. The molecule has 0 amide bonds. The van der Waals surface area contributed by atoms with Gasteiger partial charge >= 0.3 is 0 Å². The monoisotopic (exact) mass is 314 g/mol. The van der Waals surface area contributed by atoms with Crippen LogP contribution in [-0.4, -0.2) is 41.3 Å². The van der Waals surface area contributed by atoms with E-state index >= 15 is 0 Å². The van der Waals surface area contributed by atoms with Crippen LogP contribution in [0.4, 0.5) is 0 Å². The van der Waals surface area contributed by atoms with Crippen LogP contribution in [0.15, 0.2) is 47.4 Å². The first-order valence-corrected chi connectivity index (χ1v) is 8.26. The van der Waals surface area contributed by atoms with E-state index in [1.54, 1.807) is 12.5 Å². The second-order valence-corrected chi connectivity index (χ2v) is 6.55. The van der Waals surface area contributed by atoms with Crippen LogP contribution in [0, 0.1) is 0 Å². The Bertz CT molecular complexity index is 616. The first-order chi connectivity index (χ1) is 11.3. The minimum Gasteiger partial charge on any atom is -0.472 e. The first-order valence-electron chi connectivity index (χ1n) is 8.26. The molecule has 2 aromatic rings. The number of piperidine rings is 1. The highest BCUT2D eigenvalue weighted by molar-refractivity contribution is 5.11. The molecule has 2 atom stereocenters. The second kappa shape index (κ2) is 6.34. The van der Waals surface area contributed by atoms with Crippen LogP contribution in [0.5, 0.6) is 5.88 Å². The van der Waals surface area contributed by atoms with Crippen molar-refractivity contribution in [2.24, 2.45) is 0 Å². The molecular formula is C18H22N2O3. The van der Waals surface area contributed by atoms with Gasteiger partial charge < -0.3 is 13.9 Å². The van der Waals surface area contributed by atoms with Crippen molar-refractivity contribution in [3.05, 3.63) is 48.6 Å². The molecule has 4 heterocycles. The van der Waals surface area contributed by atoms with Gasteiger partial charge in [0.15, 0.2) is 0 Å². The molecule has 0 saturated carbocycles. The number of likely N-dealkylation sites (tertiary alicyclic amines) is 1. The molecule has 4 rings (SSSR count). The van der Waals surface area contributed by atoms with Crippen LogP contribution >= 0.6 is 0 Å². The Hall–Kier alpha value is -1.85. The van der Waals surface area contributed by atoms with Gasteiger partial charge in [0, 0.05) is 37.3 Å². The van der Waals surface area contributed by atoms with Gasteiger partial charge in [-0.15, -0.1) is 0 Å². The van der Waals surface area contributed by atoms with E-state index in [2.05, 4.69) is 9.88 Å². The van der Waals surface area contributed by atoms with Gasteiger partial charge in [-0.1, -0.05) is 6.07 Å². The fourth-order valence-corrected chi connectivity index (χ4v) is 3.72. The van der Waals surface area contributed by atoms with Gasteiger partial charge in [0.05, 0.1) is 24.7 Å². The second-order valence-electron chi connectivity index (χ2n) is 6.55. The third-order valence-electron chi connectivity index (χ3n) is 4.71. The topological polar surface area (TPSA) is 47.7 Å². The van der Waals surface area contributed by atoms with Crippen molar-refractivity contribution in [1.82, 2.24) is 9.88 Å². The third-order valence-corrected chi connectivity index (χ3v) is 4.71. The molecule has 5 nitrogen and oxygen atoms in total. The Morgan fingerprint density at radius 1 is 1.35 bits per heavy atom. The predicted molar refractivity (Wildman–Crippen MR) is 85.2 cm³/mol. The van der Waals surface area contributed by atoms with Crippen molar-refractivity contribution >= 4 is 0 Å². The van der Waals surface area contributed by atoms with Crippen molar-refractivity contribution in [2.45, 2.75) is 37.5 Å².